The zero-order valence-electron chi connectivity index (χ0n) is 8.29. The number of nitrogen functional groups attached to an aromatic ring is 1. The summed E-state index contributed by atoms with van der Waals surface area (Å²) in [5.41, 5.74) is 9.63. The van der Waals surface area contributed by atoms with Crippen molar-refractivity contribution in [3.63, 3.8) is 0 Å². The average Bonchev–Trinajstić information content (AvgIpc) is 2.90. The molecule has 74 valence electrons. The fourth-order valence-corrected chi connectivity index (χ4v) is 2.33. The predicted molar refractivity (Wildman–Crippen MR) is 58.1 cm³/mol. The molecule has 0 amide bonds. The van der Waals surface area contributed by atoms with Crippen molar-refractivity contribution >= 4 is 5.69 Å². The van der Waals surface area contributed by atoms with Crippen molar-refractivity contribution in [2.75, 3.05) is 5.73 Å². The third kappa shape index (κ3) is 1.40. The van der Waals surface area contributed by atoms with E-state index < -0.39 is 0 Å². The van der Waals surface area contributed by atoms with Crippen molar-refractivity contribution in [2.45, 2.75) is 37.8 Å². The number of nitrogens with one attached hydrogen (secondary N) is 1. The Bertz CT molecular complexity index is 355. The molecule has 0 radical (unpaired) electrons. The molecule has 1 saturated carbocycles. The molecule has 2 heteroatoms. The minimum absolute atomic E-state index is 0.570. The zero-order chi connectivity index (χ0) is 9.54. The van der Waals surface area contributed by atoms with E-state index in [-0.39, 0.29) is 0 Å². The van der Waals surface area contributed by atoms with Crippen LogP contribution in [0.25, 0.3) is 0 Å². The van der Waals surface area contributed by atoms with Crippen LogP contribution in [0.2, 0.25) is 0 Å². The minimum atomic E-state index is 0.570. The molecule has 2 aliphatic carbocycles. The summed E-state index contributed by atoms with van der Waals surface area (Å²) >= 11 is 0. The molecule has 1 unspecified atom stereocenters. The summed E-state index contributed by atoms with van der Waals surface area (Å²) in [5.74, 6) is 0. The Hall–Kier alpha value is -1.02. The molecule has 0 aliphatic heterocycles. The minimum Gasteiger partial charge on any atom is -0.399 e. The lowest BCUT2D eigenvalue weighted by molar-refractivity contribution is 0.527. The number of hydrogen-bond donors (Lipinski definition) is 2. The van der Waals surface area contributed by atoms with Crippen LogP contribution in [0.4, 0.5) is 5.69 Å². The van der Waals surface area contributed by atoms with Crippen molar-refractivity contribution in [2.24, 2.45) is 0 Å². The Labute approximate surface area is 84.5 Å². The van der Waals surface area contributed by atoms with Gasteiger partial charge in [0.1, 0.15) is 0 Å². The maximum atomic E-state index is 5.81. The molecule has 14 heavy (non-hydrogen) atoms. The van der Waals surface area contributed by atoms with E-state index in [0.29, 0.717) is 6.04 Å². The van der Waals surface area contributed by atoms with Crippen molar-refractivity contribution < 1.29 is 0 Å². The summed E-state index contributed by atoms with van der Waals surface area (Å²) in [7, 11) is 0. The van der Waals surface area contributed by atoms with Crippen molar-refractivity contribution in [1.82, 2.24) is 5.32 Å². The molecule has 0 saturated heterocycles. The van der Waals surface area contributed by atoms with E-state index in [1.807, 2.05) is 6.07 Å². The Kier molecular flexibility index (Phi) is 1.77. The van der Waals surface area contributed by atoms with E-state index >= 15 is 0 Å². The average molecular weight is 188 g/mol. The van der Waals surface area contributed by atoms with Crippen LogP contribution in [-0.4, -0.2) is 6.04 Å². The van der Waals surface area contributed by atoms with Gasteiger partial charge in [0.2, 0.25) is 0 Å². The van der Waals surface area contributed by atoms with Gasteiger partial charge in [0.05, 0.1) is 0 Å². The van der Waals surface area contributed by atoms with Gasteiger partial charge in [-0.05, 0) is 48.9 Å². The summed E-state index contributed by atoms with van der Waals surface area (Å²) in [4.78, 5) is 0. The number of benzene rings is 1. The fraction of sp³-hybridized carbons (Fsp3) is 0.500. The molecule has 1 aromatic carbocycles. The van der Waals surface area contributed by atoms with Gasteiger partial charge in [0, 0.05) is 17.8 Å². The quantitative estimate of drug-likeness (QED) is 0.697. The highest BCUT2D eigenvalue weighted by molar-refractivity contribution is 5.48. The van der Waals surface area contributed by atoms with Crippen molar-refractivity contribution in [3.8, 4) is 0 Å². The van der Waals surface area contributed by atoms with E-state index in [9.17, 15) is 0 Å². The molecule has 0 bridgehead atoms. The van der Waals surface area contributed by atoms with Gasteiger partial charge in [-0.15, -0.1) is 0 Å². The first kappa shape index (κ1) is 8.30. The van der Waals surface area contributed by atoms with Crippen LogP contribution in [0.1, 0.15) is 36.4 Å². The second-order valence-corrected chi connectivity index (χ2v) is 4.49. The zero-order valence-corrected chi connectivity index (χ0v) is 8.29. The van der Waals surface area contributed by atoms with E-state index in [0.717, 1.165) is 11.7 Å². The van der Waals surface area contributed by atoms with Crippen LogP contribution in [0, 0.1) is 0 Å². The van der Waals surface area contributed by atoms with Gasteiger partial charge >= 0.3 is 0 Å². The van der Waals surface area contributed by atoms with Crippen LogP contribution in [0.3, 0.4) is 0 Å². The number of rotatable bonds is 2. The molecular weight excluding hydrogens is 172 g/mol. The Balaban J connectivity index is 1.87. The monoisotopic (exact) mass is 188 g/mol. The Morgan fingerprint density at radius 2 is 2.07 bits per heavy atom. The lowest BCUT2D eigenvalue weighted by Gasteiger charge is -2.13. The number of nitrogens with two attached hydrogens (primary N) is 1. The topological polar surface area (TPSA) is 38.0 Å². The molecule has 2 aliphatic rings. The van der Waals surface area contributed by atoms with Gasteiger partial charge in [-0.25, -0.2) is 0 Å². The fourth-order valence-electron chi connectivity index (χ4n) is 2.33. The standard InChI is InChI=1S/C12H16N2/c13-9-3-1-8-2-6-12(11(8)7-9)14-10-4-5-10/h1,3,7,10,12,14H,2,4-6,13H2. The number of hydrogen-bond acceptors (Lipinski definition) is 2. The van der Waals surface area contributed by atoms with E-state index in [4.69, 9.17) is 5.73 Å². The first-order valence-corrected chi connectivity index (χ1v) is 5.47. The normalized spacial score (nSPS) is 25.0. The maximum Gasteiger partial charge on any atom is 0.0329 e. The molecule has 1 aromatic rings. The second-order valence-electron chi connectivity index (χ2n) is 4.49. The Morgan fingerprint density at radius 3 is 2.86 bits per heavy atom. The molecule has 1 atom stereocenters. The molecule has 1 fully saturated rings. The highest BCUT2D eigenvalue weighted by atomic mass is 15.0. The molecule has 0 aromatic heterocycles. The molecule has 0 heterocycles. The highest BCUT2D eigenvalue weighted by Gasteiger charge is 2.29. The van der Waals surface area contributed by atoms with Gasteiger partial charge in [0.25, 0.3) is 0 Å². The van der Waals surface area contributed by atoms with E-state index in [1.54, 1.807) is 0 Å². The molecule has 3 rings (SSSR count). The van der Waals surface area contributed by atoms with Gasteiger partial charge in [-0.3, -0.25) is 0 Å². The van der Waals surface area contributed by atoms with Crippen LogP contribution < -0.4 is 11.1 Å². The summed E-state index contributed by atoms with van der Waals surface area (Å²) < 4.78 is 0. The highest BCUT2D eigenvalue weighted by Crippen LogP contribution is 2.35. The number of fused-ring (bicyclic) bond motifs is 1. The van der Waals surface area contributed by atoms with E-state index in [1.165, 1.54) is 36.8 Å². The number of anilines is 1. The largest absolute Gasteiger partial charge is 0.399 e. The first-order chi connectivity index (χ1) is 6.83. The van der Waals surface area contributed by atoms with Gasteiger partial charge in [-0.2, -0.15) is 0 Å². The van der Waals surface area contributed by atoms with Crippen LogP contribution in [0.5, 0.6) is 0 Å². The lowest BCUT2D eigenvalue weighted by atomic mass is 10.1. The summed E-state index contributed by atoms with van der Waals surface area (Å²) in [5, 5.41) is 3.68. The summed E-state index contributed by atoms with van der Waals surface area (Å²) in [6.45, 7) is 0. The summed E-state index contributed by atoms with van der Waals surface area (Å²) in [6, 6.07) is 7.69. The lowest BCUT2D eigenvalue weighted by Crippen LogP contribution is -2.21. The summed E-state index contributed by atoms with van der Waals surface area (Å²) in [6.07, 6.45) is 5.16. The number of aryl methyl sites for hydroxylation is 1. The van der Waals surface area contributed by atoms with E-state index in [2.05, 4.69) is 17.4 Å². The predicted octanol–water partition coefficient (Wildman–Crippen LogP) is 2.01. The van der Waals surface area contributed by atoms with Crippen molar-refractivity contribution in [1.29, 1.82) is 0 Å². The SMILES string of the molecule is Nc1ccc2c(c1)C(NC1CC1)CC2. The smallest absolute Gasteiger partial charge is 0.0329 e. The molecule has 3 N–H and O–H groups in total. The third-order valence-electron chi connectivity index (χ3n) is 3.26. The van der Waals surface area contributed by atoms with Crippen molar-refractivity contribution in [3.05, 3.63) is 29.3 Å². The van der Waals surface area contributed by atoms with Crippen LogP contribution in [0.15, 0.2) is 18.2 Å². The molecule has 0 spiro atoms. The Morgan fingerprint density at radius 1 is 1.21 bits per heavy atom. The van der Waals surface area contributed by atoms with Crippen LogP contribution in [-0.2, 0) is 6.42 Å². The van der Waals surface area contributed by atoms with Gasteiger partial charge < -0.3 is 11.1 Å². The van der Waals surface area contributed by atoms with Crippen LogP contribution >= 0.6 is 0 Å². The third-order valence-corrected chi connectivity index (χ3v) is 3.26. The van der Waals surface area contributed by atoms with Gasteiger partial charge in [-0.1, -0.05) is 6.07 Å². The van der Waals surface area contributed by atoms with Gasteiger partial charge in [0.15, 0.2) is 0 Å². The first-order valence-electron chi connectivity index (χ1n) is 5.47. The molecular formula is C12H16N2. The molecule has 2 nitrogen and oxygen atoms in total. The maximum absolute atomic E-state index is 5.81. The second kappa shape index (κ2) is 2.99.